The summed E-state index contributed by atoms with van der Waals surface area (Å²) in [5.74, 6) is 0.174. The molecule has 1 heterocycles. The third-order valence-corrected chi connectivity index (χ3v) is 3.08. The zero-order valence-corrected chi connectivity index (χ0v) is 10.7. The lowest BCUT2D eigenvalue weighted by Crippen LogP contribution is -2.15. The van der Waals surface area contributed by atoms with Crippen LogP contribution in [0.25, 0.3) is 0 Å². The lowest BCUT2D eigenvalue weighted by molar-refractivity contribution is 0.102. The highest BCUT2D eigenvalue weighted by Gasteiger charge is 2.14. The summed E-state index contributed by atoms with van der Waals surface area (Å²) in [6.45, 7) is 5.69. The highest BCUT2D eigenvalue weighted by Crippen LogP contribution is 2.20. The van der Waals surface area contributed by atoms with Gasteiger partial charge in [0.2, 0.25) is 0 Å². The molecule has 0 saturated carbocycles. The first-order valence-electron chi connectivity index (χ1n) is 5.68. The number of benzene rings is 1. The fraction of sp³-hybridized carbons (Fsp3) is 0.231. The number of nitrogens with two attached hydrogens (primary N) is 1. The number of anilines is 2. The molecular formula is C13H16N4O. The zero-order valence-electron chi connectivity index (χ0n) is 10.7. The summed E-state index contributed by atoms with van der Waals surface area (Å²) in [5.41, 5.74) is 9.67. The van der Waals surface area contributed by atoms with Crippen LogP contribution in [0.5, 0.6) is 0 Å². The first-order chi connectivity index (χ1) is 8.50. The number of aryl methyl sites for hydroxylation is 2. The summed E-state index contributed by atoms with van der Waals surface area (Å²) in [4.78, 5) is 12.1. The van der Waals surface area contributed by atoms with E-state index in [1.807, 2.05) is 26.0 Å². The van der Waals surface area contributed by atoms with Crippen LogP contribution in [-0.2, 0) is 0 Å². The van der Waals surface area contributed by atoms with Crippen molar-refractivity contribution in [3.63, 3.8) is 0 Å². The standard InChI is InChI=1S/C13H16N4O/c1-7-5-4-6-10(8(7)2)13(18)15-12-11(14)9(3)16-17-12/h4-6H,14H2,1-3H3,(H2,15,16,17,18). The maximum atomic E-state index is 12.1. The Morgan fingerprint density at radius 1 is 1.33 bits per heavy atom. The van der Waals surface area contributed by atoms with Gasteiger partial charge in [0.05, 0.1) is 11.4 Å². The van der Waals surface area contributed by atoms with Crippen molar-refractivity contribution in [3.8, 4) is 0 Å². The van der Waals surface area contributed by atoms with Crippen LogP contribution < -0.4 is 11.1 Å². The van der Waals surface area contributed by atoms with Crippen molar-refractivity contribution in [2.24, 2.45) is 0 Å². The molecule has 18 heavy (non-hydrogen) atoms. The van der Waals surface area contributed by atoms with Gasteiger partial charge in [0, 0.05) is 5.56 Å². The van der Waals surface area contributed by atoms with Gasteiger partial charge in [0.15, 0.2) is 5.82 Å². The highest BCUT2D eigenvalue weighted by atomic mass is 16.1. The van der Waals surface area contributed by atoms with Crippen molar-refractivity contribution in [1.29, 1.82) is 0 Å². The number of nitrogens with zero attached hydrogens (tertiary/aromatic N) is 1. The molecule has 0 bridgehead atoms. The maximum absolute atomic E-state index is 12.1. The molecule has 0 aliphatic heterocycles. The van der Waals surface area contributed by atoms with Crippen LogP contribution in [0.1, 0.15) is 27.2 Å². The summed E-state index contributed by atoms with van der Waals surface area (Å²) in [5, 5.41) is 9.39. The Kier molecular flexibility index (Phi) is 3.06. The minimum atomic E-state index is -0.200. The number of aromatic nitrogens is 2. The molecule has 0 atom stereocenters. The number of rotatable bonds is 2. The summed E-state index contributed by atoms with van der Waals surface area (Å²) in [6, 6.07) is 5.61. The first-order valence-corrected chi connectivity index (χ1v) is 5.68. The number of amides is 1. The molecular weight excluding hydrogens is 228 g/mol. The van der Waals surface area contributed by atoms with Crippen LogP contribution >= 0.6 is 0 Å². The lowest BCUT2D eigenvalue weighted by Gasteiger charge is -2.08. The summed E-state index contributed by atoms with van der Waals surface area (Å²) in [7, 11) is 0. The molecule has 4 N–H and O–H groups in total. The number of hydrogen-bond acceptors (Lipinski definition) is 3. The number of nitrogen functional groups attached to an aromatic ring is 1. The topological polar surface area (TPSA) is 83.8 Å². The van der Waals surface area contributed by atoms with E-state index < -0.39 is 0 Å². The third-order valence-electron chi connectivity index (χ3n) is 3.08. The second-order valence-electron chi connectivity index (χ2n) is 4.31. The Bertz CT molecular complexity index is 601. The van der Waals surface area contributed by atoms with E-state index >= 15 is 0 Å². The summed E-state index contributed by atoms with van der Waals surface area (Å²) < 4.78 is 0. The molecule has 0 saturated heterocycles. The van der Waals surface area contributed by atoms with E-state index in [0.29, 0.717) is 17.1 Å². The average molecular weight is 244 g/mol. The van der Waals surface area contributed by atoms with Gasteiger partial charge in [0.25, 0.3) is 5.91 Å². The molecule has 0 spiro atoms. The molecule has 0 aliphatic rings. The fourth-order valence-corrected chi connectivity index (χ4v) is 1.71. The van der Waals surface area contributed by atoms with Crippen molar-refractivity contribution in [2.45, 2.75) is 20.8 Å². The molecule has 0 unspecified atom stereocenters. The van der Waals surface area contributed by atoms with E-state index in [0.717, 1.165) is 16.8 Å². The van der Waals surface area contributed by atoms with E-state index in [-0.39, 0.29) is 5.91 Å². The van der Waals surface area contributed by atoms with Gasteiger partial charge in [-0.05, 0) is 38.0 Å². The number of nitrogens with one attached hydrogen (secondary N) is 2. The van der Waals surface area contributed by atoms with Crippen LogP contribution in [0, 0.1) is 20.8 Å². The second-order valence-corrected chi connectivity index (χ2v) is 4.31. The number of carbonyl (C=O) groups excluding carboxylic acids is 1. The largest absolute Gasteiger partial charge is 0.394 e. The van der Waals surface area contributed by atoms with E-state index in [2.05, 4.69) is 15.5 Å². The molecule has 5 nitrogen and oxygen atoms in total. The Hall–Kier alpha value is -2.30. The van der Waals surface area contributed by atoms with Crippen molar-refractivity contribution < 1.29 is 4.79 Å². The Labute approximate surface area is 105 Å². The second kappa shape index (κ2) is 4.52. The van der Waals surface area contributed by atoms with Gasteiger partial charge in [-0.15, -0.1) is 0 Å². The minimum absolute atomic E-state index is 0.200. The monoisotopic (exact) mass is 244 g/mol. The quantitative estimate of drug-likeness (QED) is 0.757. The molecule has 1 aromatic heterocycles. The number of hydrogen-bond donors (Lipinski definition) is 3. The van der Waals surface area contributed by atoms with Gasteiger partial charge in [0.1, 0.15) is 0 Å². The van der Waals surface area contributed by atoms with Crippen molar-refractivity contribution >= 4 is 17.4 Å². The van der Waals surface area contributed by atoms with Crippen LogP contribution in [0.3, 0.4) is 0 Å². The van der Waals surface area contributed by atoms with Gasteiger partial charge in [-0.3, -0.25) is 9.89 Å². The Balaban J connectivity index is 2.28. The molecule has 2 aromatic rings. The molecule has 1 aromatic carbocycles. The molecule has 2 rings (SSSR count). The highest BCUT2D eigenvalue weighted by molar-refractivity contribution is 6.06. The maximum Gasteiger partial charge on any atom is 0.257 e. The molecule has 5 heteroatoms. The summed E-state index contributed by atoms with van der Waals surface area (Å²) >= 11 is 0. The molecule has 0 radical (unpaired) electrons. The van der Waals surface area contributed by atoms with Gasteiger partial charge in [-0.1, -0.05) is 12.1 Å². The number of aromatic amines is 1. The predicted molar refractivity (Wildman–Crippen MR) is 71.6 cm³/mol. The van der Waals surface area contributed by atoms with E-state index in [1.165, 1.54) is 0 Å². The van der Waals surface area contributed by atoms with Crippen LogP contribution in [0.15, 0.2) is 18.2 Å². The smallest absolute Gasteiger partial charge is 0.257 e. The Morgan fingerprint density at radius 2 is 2.06 bits per heavy atom. The summed E-state index contributed by atoms with van der Waals surface area (Å²) in [6.07, 6.45) is 0. The van der Waals surface area contributed by atoms with E-state index in [1.54, 1.807) is 13.0 Å². The number of carbonyl (C=O) groups is 1. The molecule has 0 fully saturated rings. The van der Waals surface area contributed by atoms with Gasteiger partial charge < -0.3 is 11.1 Å². The normalized spacial score (nSPS) is 10.4. The number of H-pyrrole nitrogens is 1. The average Bonchev–Trinajstić information content (AvgIpc) is 2.64. The van der Waals surface area contributed by atoms with Crippen molar-refractivity contribution in [1.82, 2.24) is 10.2 Å². The van der Waals surface area contributed by atoms with Crippen LogP contribution in [0.2, 0.25) is 0 Å². The predicted octanol–water partition coefficient (Wildman–Crippen LogP) is 2.17. The first kappa shape index (κ1) is 12.2. The third kappa shape index (κ3) is 2.07. The molecule has 1 amide bonds. The molecule has 94 valence electrons. The van der Waals surface area contributed by atoms with E-state index in [9.17, 15) is 4.79 Å². The van der Waals surface area contributed by atoms with Crippen LogP contribution in [0.4, 0.5) is 11.5 Å². The van der Waals surface area contributed by atoms with E-state index in [4.69, 9.17) is 5.73 Å². The van der Waals surface area contributed by atoms with Gasteiger partial charge in [-0.2, -0.15) is 5.10 Å². The van der Waals surface area contributed by atoms with Gasteiger partial charge >= 0.3 is 0 Å². The Morgan fingerprint density at radius 3 is 2.67 bits per heavy atom. The van der Waals surface area contributed by atoms with Crippen molar-refractivity contribution in [2.75, 3.05) is 11.1 Å². The van der Waals surface area contributed by atoms with Gasteiger partial charge in [-0.25, -0.2) is 0 Å². The zero-order chi connectivity index (χ0) is 13.3. The SMILES string of the molecule is Cc1cccc(C(=O)Nc2n[nH]c(C)c2N)c1C. The van der Waals surface area contributed by atoms with Crippen LogP contribution in [-0.4, -0.2) is 16.1 Å². The lowest BCUT2D eigenvalue weighted by atomic mass is 10.0. The van der Waals surface area contributed by atoms with Crippen molar-refractivity contribution in [3.05, 3.63) is 40.6 Å². The fourth-order valence-electron chi connectivity index (χ4n) is 1.71. The minimum Gasteiger partial charge on any atom is -0.394 e. The molecule has 0 aliphatic carbocycles.